The van der Waals surface area contributed by atoms with Crippen LogP contribution in [-0.4, -0.2) is 36.2 Å². The van der Waals surface area contributed by atoms with Crippen molar-refractivity contribution in [3.63, 3.8) is 0 Å². The maximum absolute atomic E-state index is 6.05. The predicted octanol–water partition coefficient (Wildman–Crippen LogP) is 4.79. The summed E-state index contributed by atoms with van der Waals surface area (Å²) in [7, 11) is 0. The zero-order valence-electron chi connectivity index (χ0n) is 18.0. The minimum absolute atomic E-state index is 0.568. The Morgan fingerprint density at radius 3 is 2.63 bits per heavy atom. The maximum Gasteiger partial charge on any atom is 0.137 e. The number of hydrogen-bond donors (Lipinski definition) is 2. The number of rotatable bonds is 8. The standard InChI is InChI=1S/C25H32N4O/c1-18(2)21-5-3-19(4-6-21)11-14-27-25-23-8-7-22(15-24(23)28-17-29-25)30-16-20-9-12-26-13-10-20/h3-8,15,17-18,20,26H,9-14,16H2,1-2H3,(H,27,28,29). The van der Waals surface area contributed by atoms with Gasteiger partial charge in [0.15, 0.2) is 0 Å². The van der Waals surface area contributed by atoms with Crippen molar-refractivity contribution in [3.05, 3.63) is 59.9 Å². The van der Waals surface area contributed by atoms with Crippen LogP contribution in [0.1, 0.15) is 43.7 Å². The van der Waals surface area contributed by atoms with Crippen molar-refractivity contribution in [3.8, 4) is 5.75 Å². The molecule has 0 amide bonds. The molecule has 3 aromatic rings. The number of fused-ring (bicyclic) bond motifs is 1. The van der Waals surface area contributed by atoms with E-state index in [1.807, 2.05) is 12.1 Å². The average Bonchev–Trinajstić information content (AvgIpc) is 2.78. The Morgan fingerprint density at radius 2 is 1.87 bits per heavy atom. The fourth-order valence-electron chi connectivity index (χ4n) is 3.92. The van der Waals surface area contributed by atoms with Crippen LogP contribution in [-0.2, 0) is 6.42 Å². The fourth-order valence-corrected chi connectivity index (χ4v) is 3.92. The molecule has 2 heterocycles. The lowest BCUT2D eigenvalue weighted by Gasteiger charge is -2.22. The third-order valence-electron chi connectivity index (χ3n) is 5.90. The zero-order valence-corrected chi connectivity index (χ0v) is 18.0. The van der Waals surface area contributed by atoms with Gasteiger partial charge in [0.1, 0.15) is 17.9 Å². The van der Waals surface area contributed by atoms with Gasteiger partial charge in [-0.2, -0.15) is 0 Å². The van der Waals surface area contributed by atoms with Crippen LogP contribution in [0.4, 0.5) is 5.82 Å². The Morgan fingerprint density at radius 1 is 1.07 bits per heavy atom. The number of anilines is 1. The summed E-state index contributed by atoms with van der Waals surface area (Å²) in [5, 5.41) is 7.91. The number of hydrogen-bond acceptors (Lipinski definition) is 5. The molecule has 0 bridgehead atoms. The molecule has 0 aliphatic carbocycles. The van der Waals surface area contributed by atoms with Gasteiger partial charge in [0.05, 0.1) is 12.1 Å². The topological polar surface area (TPSA) is 59.1 Å². The summed E-state index contributed by atoms with van der Waals surface area (Å²) in [4.78, 5) is 8.90. The second-order valence-corrected chi connectivity index (χ2v) is 8.48. The van der Waals surface area contributed by atoms with Gasteiger partial charge >= 0.3 is 0 Å². The van der Waals surface area contributed by atoms with E-state index in [1.54, 1.807) is 6.33 Å². The minimum atomic E-state index is 0.568. The number of aromatic nitrogens is 2. The molecule has 1 aliphatic heterocycles. The first kappa shape index (κ1) is 20.6. The number of ether oxygens (including phenoxy) is 1. The highest BCUT2D eigenvalue weighted by atomic mass is 16.5. The third kappa shape index (κ3) is 5.28. The molecule has 1 saturated heterocycles. The van der Waals surface area contributed by atoms with Gasteiger partial charge in [-0.3, -0.25) is 0 Å². The Bertz CT molecular complexity index is 949. The smallest absolute Gasteiger partial charge is 0.137 e. The van der Waals surface area contributed by atoms with Crippen molar-refractivity contribution < 1.29 is 4.74 Å². The Hall–Kier alpha value is -2.66. The normalized spacial score (nSPS) is 14.9. The first-order valence-electron chi connectivity index (χ1n) is 11.1. The van der Waals surface area contributed by atoms with Crippen molar-refractivity contribution in [2.24, 2.45) is 5.92 Å². The van der Waals surface area contributed by atoms with Crippen LogP contribution in [0, 0.1) is 5.92 Å². The highest BCUT2D eigenvalue weighted by Gasteiger charge is 2.14. The largest absolute Gasteiger partial charge is 0.493 e. The molecule has 158 valence electrons. The summed E-state index contributed by atoms with van der Waals surface area (Å²) in [5.74, 6) is 2.97. The van der Waals surface area contributed by atoms with Gasteiger partial charge in [-0.25, -0.2) is 9.97 Å². The monoisotopic (exact) mass is 404 g/mol. The van der Waals surface area contributed by atoms with E-state index in [0.29, 0.717) is 11.8 Å². The number of piperidine rings is 1. The third-order valence-corrected chi connectivity index (χ3v) is 5.90. The number of nitrogens with zero attached hydrogens (tertiary/aromatic N) is 2. The SMILES string of the molecule is CC(C)c1ccc(CCNc2ncnc3cc(OCC4CCNCC4)ccc23)cc1. The first-order chi connectivity index (χ1) is 14.7. The highest BCUT2D eigenvalue weighted by Crippen LogP contribution is 2.25. The highest BCUT2D eigenvalue weighted by molar-refractivity contribution is 5.89. The molecule has 0 saturated carbocycles. The van der Waals surface area contributed by atoms with E-state index in [9.17, 15) is 0 Å². The van der Waals surface area contributed by atoms with Gasteiger partial charge < -0.3 is 15.4 Å². The van der Waals surface area contributed by atoms with Crippen LogP contribution in [0.15, 0.2) is 48.8 Å². The zero-order chi connectivity index (χ0) is 20.8. The van der Waals surface area contributed by atoms with Crippen molar-refractivity contribution in [1.82, 2.24) is 15.3 Å². The van der Waals surface area contributed by atoms with Crippen LogP contribution < -0.4 is 15.4 Å². The number of benzene rings is 2. The summed E-state index contributed by atoms with van der Waals surface area (Å²) < 4.78 is 6.05. The molecule has 2 N–H and O–H groups in total. The predicted molar refractivity (Wildman–Crippen MR) is 123 cm³/mol. The molecule has 1 aliphatic rings. The van der Waals surface area contributed by atoms with Gasteiger partial charge in [0.2, 0.25) is 0 Å². The van der Waals surface area contributed by atoms with Gasteiger partial charge in [-0.1, -0.05) is 38.1 Å². The maximum atomic E-state index is 6.05. The molecule has 0 atom stereocenters. The van der Waals surface area contributed by atoms with Crippen molar-refractivity contribution in [2.45, 2.75) is 39.0 Å². The summed E-state index contributed by atoms with van der Waals surface area (Å²) in [6, 6.07) is 15.0. The lowest BCUT2D eigenvalue weighted by atomic mass is 9.99. The van der Waals surface area contributed by atoms with Gasteiger partial charge in [-0.15, -0.1) is 0 Å². The van der Waals surface area contributed by atoms with E-state index in [1.165, 1.54) is 24.0 Å². The van der Waals surface area contributed by atoms with Crippen LogP contribution in [0.5, 0.6) is 5.75 Å². The molecule has 1 aromatic heterocycles. The molecular formula is C25H32N4O. The molecule has 0 unspecified atom stereocenters. The summed E-state index contributed by atoms with van der Waals surface area (Å²) in [6.45, 7) is 8.24. The van der Waals surface area contributed by atoms with E-state index in [-0.39, 0.29) is 0 Å². The van der Waals surface area contributed by atoms with Crippen LogP contribution in [0.25, 0.3) is 10.9 Å². The van der Waals surface area contributed by atoms with E-state index in [2.05, 4.69) is 64.8 Å². The van der Waals surface area contributed by atoms with Gasteiger partial charge in [0.25, 0.3) is 0 Å². The van der Waals surface area contributed by atoms with Crippen LogP contribution in [0.2, 0.25) is 0 Å². The molecular weight excluding hydrogens is 372 g/mol. The summed E-state index contributed by atoms with van der Waals surface area (Å²) in [6.07, 6.45) is 4.95. The second kappa shape index (κ2) is 9.90. The van der Waals surface area contributed by atoms with Crippen LogP contribution >= 0.6 is 0 Å². The molecule has 5 heteroatoms. The second-order valence-electron chi connectivity index (χ2n) is 8.48. The van der Waals surface area contributed by atoms with Gasteiger partial charge in [0, 0.05) is 18.0 Å². The minimum Gasteiger partial charge on any atom is -0.493 e. The van der Waals surface area contributed by atoms with Gasteiger partial charge in [-0.05, 0) is 67.4 Å². The molecule has 0 spiro atoms. The lowest BCUT2D eigenvalue weighted by molar-refractivity contribution is 0.215. The Balaban J connectivity index is 1.35. The quantitative estimate of drug-likeness (QED) is 0.565. The molecule has 2 aromatic carbocycles. The average molecular weight is 405 g/mol. The summed E-state index contributed by atoms with van der Waals surface area (Å²) in [5.41, 5.74) is 3.63. The van der Waals surface area contributed by atoms with E-state index in [4.69, 9.17) is 4.74 Å². The molecule has 1 fully saturated rings. The summed E-state index contributed by atoms with van der Waals surface area (Å²) >= 11 is 0. The fraction of sp³-hybridized carbons (Fsp3) is 0.440. The molecule has 30 heavy (non-hydrogen) atoms. The lowest BCUT2D eigenvalue weighted by Crippen LogP contribution is -2.30. The Kier molecular flexibility index (Phi) is 6.80. The Labute approximate surface area is 179 Å². The first-order valence-corrected chi connectivity index (χ1v) is 11.1. The van der Waals surface area contributed by atoms with E-state index < -0.39 is 0 Å². The molecule has 0 radical (unpaired) electrons. The van der Waals surface area contributed by atoms with E-state index in [0.717, 1.165) is 55.1 Å². The van der Waals surface area contributed by atoms with Crippen molar-refractivity contribution in [1.29, 1.82) is 0 Å². The van der Waals surface area contributed by atoms with Crippen molar-refractivity contribution in [2.75, 3.05) is 31.6 Å². The van der Waals surface area contributed by atoms with Crippen molar-refractivity contribution >= 4 is 16.7 Å². The van der Waals surface area contributed by atoms with Crippen LogP contribution in [0.3, 0.4) is 0 Å². The number of nitrogens with one attached hydrogen (secondary N) is 2. The molecule has 5 nitrogen and oxygen atoms in total. The van der Waals surface area contributed by atoms with E-state index >= 15 is 0 Å². The molecule has 4 rings (SSSR count).